The SMILES string of the molecule is c1nc2nc(n1)OO2. The molecule has 0 N–H and O–H groups in total. The highest BCUT2D eigenvalue weighted by Crippen LogP contribution is 2.12. The first-order chi connectivity index (χ1) is 3.95. The molecule has 0 aliphatic carbocycles. The zero-order valence-corrected chi connectivity index (χ0v) is 3.74. The summed E-state index contributed by atoms with van der Waals surface area (Å²) in [6, 6.07) is 0.435. The largest absolute Gasteiger partial charge is 0.373 e. The Morgan fingerprint density at radius 1 is 1.12 bits per heavy atom. The Kier molecular flexibility index (Phi) is 0.476. The van der Waals surface area contributed by atoms with Gasteiger partial charge in [0.2, 0.25) is 0 Å². The molecule has 2 bridgehead atoms. The van der Waals surface area contributed by atoms with E-state index in [1.807, 2.05) is 0 Å². The maximum atomic E-state index is 4.40. The van der Waals surface area contributed by atoms with Crippen molar-refractivity contribution in [1.29, 1.82) is 0 Å². The minimum absolute atomic E-state index is 0.218. The number of aromatic nitrogens is 3. The van der Waals surface area contributed by atoms with E-state index in [-0.39, 0.29) is 12.0 Å². The smallest absolute Gasteiger partial charge is 0.243 e. The zero-order chi connectivity index (χ0) is 5.40. The van der Waals surface area contributed by atoms with Gasteiger partial charge < -0.3 is 0 Å². The molecule has 40 valence electrons. The van der Waals surface area contributed by atoms with Gasteiger partial charge >= 0.3 is 12.0 Å². The van der Waals surface area contributed by atoms with Gasteiger partial charge in [-0.05, 0) is 0 Å². The zero-order valence-electron chi connectivity index (χ0n) is 3.74. The summed E-state index contributed by atoms with van der Waals surface area (Å²) in [6.45, 7) is 0. The molecule has 1 aliphatic heterocycles. The van der Waals surface area contributed by atoms with E-state index in [0.717, 1.165) is 0 Å². The van der Waals surface area contributed by atoms with Gasteiger partial charge in [-0.1, -0.05) is 0 Å². The molecule has 5 nitrogen and oxygen atoms in total. The van der Waals surface area contributed by atoms with Crippen molar-refractivity contribution in [2.75, 3.05) is 0 Å². The quantitative estimate of drug-likeness (QED) is 0.424. The molecular formula is C3HN3O2. The summed E-state index contributed by atoms with van der Waals surface area (Å²) in [4.78, 5) is 19.6. The predicted molar refractivity (Wildman–Crippen MR) is 21.1 cm³/mol. The van der Waals surface area contributed by atoms with Gasteiger partial charge in [-0.3, -0.25) is 0 Å². The molecule has 1 aliphatic rings. The van der Waals surface area contributed by atoms with Gasteiger partial charge in [0.1, 0.15) is 6.33 Å². The van der Waals surface area contributed by atoms with Crippen LogP contribution in [0.2, 0.25) is 0 Å². The molecular weight excluding hydrogens is 110 g/mol. The summed E-state index contributed by atoms with van der Waals surface area (Å²) < 4.78 is 0. The van der Waals surface area contributed by atoms with Crippen LogP contribution in [-0.4, -0.2) is 15.0 Å². The first-order valence-electron chi connectivity index (χ1n) is 1.99. The summed E-state index contributed by atoms with van der Waals surface area (Å²) in [5.74, 6) is 0. The van der Waals surface area contributed by atoms with Crippen LogP contribution in [-0.2, 0) is 0 Å². The molecule has 8 heavy (non-hydrogen) atoms. The van der Waals surface area contributed by atoms with Crippen LogP contribution in [0.3, 0.4) is 0 Å². The minimum Gasteiger partial charge on any atom is -0.243 e. The van der Waals surface area contributed by atoms with Crippen molar-refractivity contribution in [2.24, 2.45) is 0 Å². The lowest BCUT2D eigenvalue weighted by molar-refractivity contribution is -0.0912. The van der Waals surface area contributed by atoms with E-state index in [1.165, 1.54) is 6.33 Å². The van der Waals surface area contributed by atoms with Crippen molar-refractivity contribution in [3.63, 3.8) is 0 Å². The Bertz CT molecular complexity index is 194. The number of nitrogens with zero attached hydrogens (tertiary/aromatic N) is 3. The van der Waals surface area contributed by atoms with Crippen LogP contribution in [0.4, 0.5) is 0 Å². The van der Waals surface area contributed by atoms with E-state index >= 15 is 0 Å². The number of hydrogen-bond donors (Lipinski definition) is 0. The Hall–Kier alpha value is -1.39. The van der Waals surface area contributed by atoms with Crippen LogP contribution < -0.4 is 9.78 Å². The molecule has 5 heteroatoms. The average Bonchev–Trinajstić information content (AvgIpc) is 2.12. The van der Waals surface area contributed by atoms with E-state index in [4.69, 9.17) is 0 Å². The van der Waals surface area contributed by atoms with Crippen molar-refractivity contribution in [1.82, 2.24) is 15.0 Å². The first kappa shape index (κ1) is 3.59. The lowest BCUT2D eigenvalue weighted by Gasteiger charge is -1.81. The van der Waals surface area contributed by atoms with Gasteiger partial charge in [-0.2, -0.15) is 9.97 Å². The van der Waals surface area contributed by atoms with Gasteiger partial charge in [0.05, 0.1) is 0 Å². The molecule has 0 radical (unpaired) electrons. The maximum absolute atomic E-state index is 4.40. The fourth-order valence-electron chi connectivity index (χ4n) is 0.422. The molecule has 0 saturated carbocycles. The Morgan fingerprint density at radius 3 is 2.25 bits per heavy atom. The molecule has 0 saturated heterocycles. The van der Waals surface area contributed by atoms with Crippen LogP contribution in [0, 0.1) is 0 Å². The summed E-state index contributed by atoms with van der Waals surface area (Å²) >= 11 is 0. The highest BCUT2D eigenvalue weighted by atomic mass is 17.2. The molecule has 2 heterocycles. The third-order valence-electron chi connectivity index (χ3n) is 0.718. The third kappa shape index (κ3) is 0.324. The van der Waals surface area contributed by atoms with E-state index < -0.39 is 0 Å². The van der Waals surface area contributed by atoms with Crippen molar-refractivity contribution < 1.29 is 9.78 Å². The first-order valence-corrected chi connectivity index (χ1v) is 1.99. The van der Waals surface area contributed by atoms with Crippen molar-refractivity contribution in [2.45, 2.75) is 0 Å². The summed E-state index contributed by atoms with van der Waals surface area (Å²) in [5, 5.41) is 0. The van der Waals surface area contributed by atoms with Crippen LogP contribution in [0.1, 0.15) is 0 Å². The van der Waals surface area contributed by atoms with Crippen LogP contribution in [0.5, 0.6) is 12.0 Å². The molecule has 0 atom stereocenters. The van der Waals surface area contributed by atoms with Crippen molar-refractivity contribution >= 4 is 0 Å². The van der Waals surface area contributed by atoms with Crippen molar-refractivity contribution in [3.8, 4) is 12.0 Å². The Balaban J connectivity index is 2.66. The van der Waals surface area contributed by atoms with E-state index in [1.54, 1.807) is 0 Å². The van der Waals surface area contributed by atoms with Crippen LogP contribution in [0.25, 0.3) is 0 Å². The normalized spacial score (nSPS) is 12.5. The second kappa shape index (κ2) is 1.06. The van der Waals surface area contributed by atoms with Gasteiger partial charge in [0.25, 0.3) is 0 Å². The lowest BCUT2D eigenvalue weighted by atomic mass is 11.0. The fourth-order valence-corrected chi connectivity index (χ4v) is 0.422. The number of fused-ring (bicyclic) bond motifs is 2. The number of rotatable bonds is 0. The minimum atomic E-state index is 0.218. The second-order valence-electron chi connectivity index (χ2n) is 1.22. The molecule has 1 aromatic rings. The molecule has 2 rings (SSSR count). The monoisotopic (exact) mass is 111 g/mol. The topological polar surface area (TPSA) is 57.1 Å². The molecule has 0 aromatic carbocycles. The van der Waals surface area contributed by atoms with Gasteiger partial charge in [0.15, 0.2) is 0 Å². The number of hydrogen-bond acceptors (Lipinski definition) is 5. The average molecular weight is 111 g/mol. The van der Waals surface area contributed by atoms with Gasteiger partial charge in [-0.25, -0.2) is 9.78 Å². The van der Waals surface area contributed by atoms with Crippen LogP contribution >= 0.6 is 0 Å². The predicted octanol–water partition coefficient (Wildman–Crippen LogP) is -0.442. The molecule has 0 unspecified atom stereocenters. The highest BCUT2D eigenvalue weighted by Gasteiger charge is 2.12. The van der Waals surface area contributed by atoms with Crippen LogP contribution in [0.15, 0.2) is 6.33 Å². The van der Waals surface area contributed by atoms with Gasteiger partial charge in [0, 0.05) is 0 Å². The van der Waals surface area contributed by atoms with E-state index in [2.05, 4.69) is 24.7 Å². The molecule has 0 amide bonds. The second-order valence-corrected chi connectivity index (χ2v) is 1.22. The molecule has 0 spiro atoms. The molecule has 0 fully saturated rings. The summed E-state index contributed by atoms with van der Waals surface area (Å²) in [5.41, 5.74) is 0. The van der Waals surface area contributed by atoms with Gasteiger partial charge in [-0.15, -0.1) is 4.98 Å². The summed E-state index contributed by atoms with van der Waals surface area (Å²) in [7, 11) is 0. The lowest BCUT2D eigenvalue weighted by Crippen LogP contribution is -1.91. The maximum Gasteiger partial charge on any atom is 0.373 e. The Labute approximate surface area is 44.2 Å². The van der Waals surface area contributed by atoms with Crippen molar-refractivity contribution in [3.05, 3.63) is 6.33 Å². The molecule has 1 aromatic heterocycles. The standard InChI is InChI=1S/C3HN3O2/c1-4-2-6-3(5-1)8-7-2/h1H. The third-order valence-corrected chi connectivity index (χ3v) is 0.718. The van der Waals surface area contributed by atoms with E-state index in [0.29, 0.717) is 0 Å². The fraction of sp³-hybridized carbons (Fsp3) is 0. The highest BCUT2D eigenvalue weighted by molar-refractivity contribution is 5.02. The summed E-state index contributed by atoms with van der Waals surface area (Å²) in [6.07, 6.45) is 1.32. The van der Waals surface area contributed by atoms with E-state index in [9.17, 15) is 0 Å². The Morgan fingerprint density at radius 2 is 1.75 bits per heavy atom.